The van der Waals surface area contributed by atoms with Gasteiger partial charge in [0, 0.05) is 11.2 Å². The lowest BCUT2D eigenvalue weighted by Crippen LogP contribution is -2.01. The lowest BCUT2D eigenvalue weighted by atomic mass is 10.3. The number of nitrogens with zero attached hydrogens (tertiary/aromatic N) is 2. The van der Waals surface area contributed by atoms with Crippen molar-refractivity contribution in [3.63, 3.8) is 0 Å². The SMILES string of the molecule is OCc1ccnn1-c1ccc(Cl)cc1. The standard InChI is InChI=1S/C10H9ClN2O/c11-8-1-3-9(4-2-8)13-10(7-14)5-6-12-13/h1-6,14H,7H2. The van der Waals surface area contributed by atoms with E-state index >= 15 is 0 Å². The normalized spacial score (nSPS) is 10.4. The molecule has 1 aromatic carbocycles. The molecule has 0 aliphatic carbocycles. The predicted octanol–water partition coefficient (Wildman–Crippen LogP) is 2.02. The third-order valence-corrected chi connectivity index (χ3v) is 2.21. The number of halogens is 1. The van der Waals surface area contributed by atoms with Gasteiger partial charge in [-0.25, -0.2) is 4.68 Å². The molecular formula is C10H9ClN2O. The van der Waals surface area contributed by atoms with Crippen molar-refractivity contribution in [3.05, 3.63) is 47.2 Å². The largest absolute Gasteiger partial charge is 0.390 e. The minimum atomic E-state index is -0.0252. The fourth-order valence-electron chi connectivity index (χ4n) is 1.27. The topological polar surface area (TPSA) is 38.1 Å². The Morgan fingerprint density at radius 2 is 1.93 bits per heavy atom. The Hall–Kier alpha value is -1.32. The summed E-state index contributed by atoms with van der Waals surface area (Å²) in [6, 6.07) is 9.07. The van der Waals surface area contributed by atoms with E-state index in [9.17, 15) is 0 Å². The van der Waals surface area contributed by atoms with Crippen molar-refractivity contribution in [1.82, 2.24) is 9.78 Å². The summed E-state index contributed by atoms with van der Waals surface area (Å²) in [6.07, 6.45) is 1.65. The van der Waals surface area contributed by atoms with Crippen LogP contribution in [0.3, 0.4) is 0 Å². The van der Waals surface area contributed by atoms with E-state index in [1.54, 1.807) is 29.1 Å². The van der Waals surface area contributed by atoms with Gasteiger partial charge in [0.2, 0.25) is 0 Å². The third kappa shape index (κ3) is 1.64. The van der Waals surface area contributed by atoms with Crippen molar-refractivity contribution in [2.45, 2.75) is 6.61 Å². The maximum Gasteiger partial charge on any atom is 0.0854 e. The van der Waals surface area contributed by atoms with Crippen LogP contribution < -0.4 is 0 Å². The first-order valence-corrected chi connectivity index (χ1v) is 4.59. The van der Waals surface area contributed by atoms with Gasteiger partial charge in [-0.15, -0.1) is 0 Å². The molecule has 14 heavy (non-hydrogen) atoms. The second-order valence-electron chi connectivity index (χ2n) is 2.87. The zero-order valence-electron chi connectivity index (χ0n) is 7.39. The fourth-order valence-corrected chi connectivity index (χ4v) is 1.39. The molecule has 4 heteroatoms. The van der Waals surface area contributed by atoms with E-state index in [1.807, 2.05) is 12.1 Å². The highest BCUT2D eigenvalue weighted by Gasteiger charge is 2.02. The Morgan fingerprint density at radius 1 is 1.21 bits per heavy atom. The number of hydrogen-bond donors (Lipinski definition) is 1. The first-order valence-electron chi connectivity index (χ1n) is 4.21. The molecule has 0 saturated carbocycles. The van der Waals surface area contributed by atoms with Gasteiger partial charge < -0.3 is 5.11 Å². The molecule has 0 radical (unpaired) electrons. The molecule has 2 aromatic rings. The summed E-state index contributed by atoms with van der Waals surface area (Å²) in [7, 11) is 0. The summed E-state index contributed by atoms with van der Waals surface area (Å²) < 4.78 is 1.68. The highest BCUT2D eigenvalue weighted by molar-refractivity contribution is 6.30. The van der Waals surface area contributed by atoms with E-state index in [1.165, 1.54) is 0 Å². The van der Waals surface area contributed by atoms with Crippen molar-refractivity contribution >= 4 is 11.6 Å². The average Bonchev–Trinajstić information content (AvgIpc) is 2.67. The molecule has 0 fully saturated rings. The molecular weight excluding hydrogens is 200 g/mol. The maximum absolute atomic E-state index is 9.04. The van der Waals surface area contributed by atoms with Gasteiger partial charge in [0.25, 0.3) is 0 Å². The zero-order valence-corrected chi connectivity index (χ0v) is 8.15. The van der Waals surface area contributed by atoms with Crippen LogP contribution in [-0.4, -0.2) is 14.9 Å². The summed E-state index contributed by atoms with van der Waals surface area (Å²) in [4.78, 5) is 0. The fraction of sp³-hybridized carbons (Fsp3) is 0.100. The van der Waals surface area contributed by atoms with Crippen molar-refractivity contribution < 1.29 is 5.11 Å². The lowest BCUT2D eigenvalue weighted by Gasteiger charge is -2.04. The van der Waals surface area contributed by atoms with E-state index < -0.39 is 0 Å². The molecule has 0 aliphatic rings. The van der Waals surface area contributed by atoms with Crippen molar-refractivity contribution in [3.8, 4) is 5.69 Å². The summed E-state index contributed by atoms with van der Waals surface area (Å²) in [5, 5.41) is 13.8. The first-order chi connectivity index (χ1) is 6.81. The van der Waals surface area contributed by atoms with Crippen LogP contribution in [0.15, 0.2) is 36.5 Å². The van der Waals surface area contributed by atoms with Gasteiger partial charge in [-0.3, -0.25) is 0 Å². The van der Waals surface area contributed by atoms with Crippen LogP contribution >= 0.6 is 11.6 Å². The Labute approximate surface area is 86.6 Å². The van der Waals surface area contributed by atoms with E-state index in [2.05, 4.69) is 5.10 Å². The quantitative estimate of drug-likeness (QED) is 0.820. The zero-order chi connectivity index (χ0) is 9.97. The van der Waals surface area contributed by atoms with Gasteiger partial charge in [0.15, 0.2) is 0 Å². The van der Waals surface area contributed by atoms with Crippen LogP contribution in [0.4, 0.5) is 0 Å². The Morgan fingerprint density at radius 3 is 2.57 bits per heavy atom. The molecule has 1 aromatic heterocycles. The maximum atomic E-state index is 9.04. The van der Waals surface area contributed by atoms with Crippen LogP contribution in [0.5, 0.6) is 0 Å². The molecule has 0 amide bonds. The Bertz CT molecular complexity index is 422. The van der Waals surface area contributed by atoms with Crippen LogP contribution in [0.2, 0.25) is 5.02 Å². The summed E-state index contributed by atoms with van der Waals surface area (Å²) >= 11 is 5.77. The van der Waals surface area contributed by atoms with E-state index in [0.29, 0.717) is 5.02 Å². The highest BCUT2D eigenvalue weighted by Crippen LogP contribution is 2.14. The predicted molar refractivity (Wildman–Crippen MR) is 54.5 cm³/mol. The highest BCUT2D eigenvalue weighted by atomic mass is 35.5. The molecule has 0 spiro atoms. The second-order valence-corrected chi connectivity index (χ2v) is 3.31. The van der Waals surface area contributed by atoms with Crippen LogP contribution in [0, 0.1) is 0 Å². The molecule has 0 atom stereocenters. The Kier molecular flexibility index (Phi) is 2.52. The van der Waals surface area contributed by atoms with Crippen LogP contribution in [-0.2, 0) is 6.61 Å². The van der Waals surface area contributed by atoms with E-state index in [-0.39, 0.29) is 6.61 Å². The number of aliphatic hydroxyl groups excluding tert-OH is 1. The van der Waals surface area contributed by atoms with Gasteiger partial charge in [-0.1, -0.05) is 11.6 Å². The summed E-state index contributed by atoms with van der Waals surface area (Å²) in [5.41, 5.74) is 1.65. The van der Waals surface area contributed by atoms with Crippen molar-refractivity contribution in [2.75, 3.05) is 0 Å². The van der Waals surface area contributed by atoms with Gasteiger partial charge in [-0.2, -0.15) is 5.10 Å². The second kappa shape index (κ2) is 3.82. The number of aliphatic hydroxyl groups is 1. The molecule has 2 rings (SSSR count). The first kappa shape index (κ1) is 9.24. The number of benzene rings is 1. The molecule has 0 bridgehead atoms. The number of hydrogen-bond acceptors (Lipinski definition) is 2. The van der Waals surface area contributed by atoms with E-state index in [4.69, 9.17) is 16.7 Å². The third-order valence-electron chi connectivity index (χ3n) is 1.95. The van der Waals surface area contributed by atoms with Crippen LogP contribution in [0.25, 0.3) is 5.69 Å². The molecule has 1 heterocycles. The molecule has 3 nitrogen and oxygen atoms in total. The van der Waals surface area contributed by atoms with Crippen LogP contribution in [0.1, 0.15) is 5.69 Å². The molecule has 0 aliphatic heterocycles. The van der Waals surface area contributed by atoms with Gasteiger partial charge >= 0.3 is 0 Å². The van der Waals surface area contributed by atoms with Gasteiger partial charge in [-0.05, 0) is 30.3 Å². The molecule has 1 N–H and O–H groups in total. The minimum absolute atomic E-state index is 0.0252. The smallest absolute Gasteiger partial charge is 0.0854 e. The van der Waals surface area contributed by atoms with Gasteiger partial charge in [0.1, 0.15) is 0 Å². The molecule has 0 unspecified atom stereocenters. The van der Waals surface area contributed by atoms with Gasteiger partial charge in [0.05, 0.1) is 18.0 Å². The average molecular weight is 209 g/mol. The molecule has 0 saturated heterocycles. The number of rotatable bonds is 2. The monoisotopic (exact) mass is 208 g/mol. The van der Waals surface area contributed by atoms with E-state index in [0.717, 1.165) is 11.4 Å². The molecule has 72 valence electrons. The summed E-state index contributed by atoms with van der Waals surface area (Å²) in [5.74, 6) is 0. The van der Waals surface area contributed by atoms with Crippen molar-refractivity contribution in [1.29, 1.82) is 0 Å². The van der Waals surface area contributed by atoms with Crippen molar-refractivity contribution in [2.24, 2.45) is 0 Å². The summed E-state index contributed by atoms with van der Waals surface area (Å²) in [6.45, 7) is -0.0252. The number of aromatic nitrogens is 2. The lowest BCUT2D eigenvalue weighted by molar-refractivity contribution is 0.273. The minimum Gasteiger partial charge on any atom is -0.390 e. The Balaban J connectivity index is 2.44.